The molecule has 4 N–H and O–H groups in total. The molecule has 0 spiro atoms. The van der Waals surface area contributed by atoms with Gasteiger partial charge in [0.25, 0.3) is 0 Å². The van der Waals surface area contributed by atoms with Gasteiger partial charge in [0.05, 0.1) is 35.6 Å². The summed E-state index contributed by atoms with van der Waals surface area (Å²) >= 11 is 0. The third-order valence-electron chi connectivity index (χ3n) is 4.39. The van der Waals surface area contributed by atoms with Gasteiger partial charge in [-0.05, 0) is 23.8 Å². The van der Waals surface area contributed by atoms with E-state index in [0.29, 0.717) is 23.4 Å². The predicted molar refractivity (Wildman–Crippen MR) is 90.0 cm³/mol. The average molecular weight is 304 g/mol. The third kappa shape index (κ3) is 2.09. The molecular weight excluding hydrogens is 288 g/mol. The SMILES string of the molecule is Nc1ccc(C(=O)CC2c3ccccc3-c3cncn32)cc1N. The van der Waals surface area contributed by atoms with Gasteiger partial charge in [0.2, 0.25) is 0 Å². The highest BCUT2D eigenvalue weighted by molar-refractivity contribution is 5.98. The summed E-state index contributed by atoms with van der Waals surface area (Å²) < 4.78 is 2.06. The lowest BCUT2D eigenvalue weighted by molar-refractivity contribution is 0.0970. The molecule has 0 fully saturated rings. The molecule has 2 aromatic carbocycles. The van der Waals surface area contributed by atoms with Crippen molar-refractivity contribution < 1.29 is 4.79 Å². The summed E-state index contributed by atoms with van der Waals surface area (Å²) in [6, 6.07) is 13.1. The zero-order chi connectivity index (χ0) is 16.0. The van der Waals surface area contributed by atoms with Gasteiger partial charge in [0, 0.05) is 17.5 Å². The van der Waals surface area contributed by atoms with Gasteiger partial charge >= 0.3 is 0 Å². The Morgan fingerprint density at radius 1 is 1.13 bits per heavy atom. The minimum atomic E-state index is -0.0324. The summed E-state index contributed by atoms with van der Waals surface area (Å²) in [5.41, 5.74) is 16.4. The van der Waals surface area contributed by atoms with Gasteiger partial charge in [-0.15, -0.1) is 0 Å². The van der Waals surface area contributed by atoms with Crippen molar-refractivity contribution in [1.82, 2.24) is 9.55 Å². The summed E-state index contributed by atoms with van der Waals surface area (Å²) in [7, 11) is 0. The molecule has 0 saturated carbocycles. The van der Waals surface area contributed by atoms with Crippen LogP contribution in [0.1, 0.15) is 28.4 Å². The molecule has 0 saturated heterocycles. The van der Waals surface area contributed by atoms with Crippen LogP contribution >= 0.6 is 0 Å². The topological polar surface area (TPSA) is 86.9 Å². The van der Waals surface area contributed by atoms with Crippen LogP contribution in [0.5, 0.6) is 0 Å². The fourth-order valence-electron chi connectivity index (χ4n) is 3.18. The molecule has 1 unspecified atom stereocenters. The number of rotatable bonds is 3. The van der Waals surface area contributed by atoms with Gasteiger partial charge < -0.3 is 16.0 Å². The van der Waals surface area contributed by atoms with Crippen molar-refractivity contribution in [3.05, 3.63) is 66.1 Å². The molecule has 2 heterocycles. The van der Waals surface area contributed by atoms with Gasteiger partial charge in [-0.25, -0.2) is 4.98 Å². The molecular formula is C18H16N4O. The van der Waals surface area contributed by atoms with Crippen molar-refractivity contribution in [2.75, 3.05) is 11.5 Å². The van der Waals surface area contributed by atoms with Crippen molar-refractivity contribution in [2.24, 2.45) is 0 Å². The van der Waals surface area contributed by atoms with Crippen molar-refractivity contribution in [2.45, 2.75) is 12.5 Å². The first-order valence-electron chi connectivity index (χ1n) is 7.44. The lowest BCUT2D eigenvalue weighted by atomic mass is 9.96. The standard InChI is InChI=1S/C18H16N4O/c19-14-6-5-11(7-15(14)20)18(23)8-16-12-3-1-2-4-13(12)17-9-21-10-22(16)17/h1-7,9-10,16H,8,19-20H2. The lowest BCUT2D eigenvalue weighted by Gasteiger charge is -2.14. The van der Waals surface area contributed by atoms with Crippen LogP contribution < -0.4 is 11.5 Å². The molecule has 114 valence electrons. The fraction of sp³-hybridized carbons (Fsp3) is 0.111. The highest BCUT2D eigenvalue weighted by Gasteiger charge is 2.29. The summed E-state index contributed by atoms with van der Waals surface area (Å²) in [5, 5.41) is 0. The summed E-state index contributed by atoms with van der Waals surface area (Å²) in [4.78, 5) is 16.9. The maximum atomic E-state index is 12.7. The largest absolute Gasteiger partial charge is 0.397 e. The number of anilines is 2. The number of fused-ring (bicyclic) bond motifs is 3. The zero-order valence-electron chi connectivity index (χ0n) is 12.4. The second-order valence-electron chi connectivity index (χ2n) is 5.76. The Morgan fingerprint density at radius 3 is 2.78 bits per heavy atom. The van der Waals surface area contributed by atoms with Gasteiger partial charge in [-0.3, -0.25) is 4.79 Å². The lowest BCUT2D eigenvalue weighted by Crippen LogP contribution is -2.12. The highest BCUT2D eigenvalue weighted by Crippen LogP contribution is 2.41. The van der Waals surface area contributed by atoms with Crippen LogP contribution in [0.15, 0.2) is 55.0 Å². The number of ketones is 1. The number of nitrogens with two attached hydrogens (primary N) is 2. The molecule has 1 aliphatic heterocycles. The minimum absolute atomic E-state index is 0.0324. The summed E-state index contributed by atoms with van der Waals surface area (Å²) in [6.45, 7) is 0. The molecule has 0 radical (unpaired) electrons. The predicted octanol–water partition coefficient (Wildman–Crippen LogP) is 2.89. The maximum absolute atomic E-state index is 12.7. The van der Waals surface area contributed by atoms with Crippen LogP contribution in [0.25, 0.3) is 11.3 Å². The van der Waals surface area contributed by atoms with Gasteiger partial charge in [-0.2, -0.15) is 0 Å². The Morgan fingerprint density at radius 2 is 1.96 bits per heavy atom. The van der Waals surface area contributed by atoms with E-state index in [-0.39, 0.29) is 11.8 Å². The highest BCUT2D eigenvalue weighted by atomic mass is 16.1. The van der Waals surface area contributed by atoms with E-state index in [9.17, 15) is 4.79 Å². The quantitative estimate of drug-likeness (QED) is 0.575. The zero-order valence-corrected chi connectivity index (χ0v) is 12.4. The first kappa shape index (κ1) is 13.6. The van der Waals surface area contributed by atoms with E-state index in [1.807, 2.05) is 18.3 Å². The van der Waals surface area contributed by atoms with E-state index in [1.54, 1.807) is 24.5 Å². The number of aromatic nitrogens is 2. The molecule has 0 amide bonds. The van der Waals surface area contributed by atoms with Crippen molar-refractivity contribution in [1.29, 1.82) is 0 Å². The molecule has 0 aliphatic carbocycles. The number of nitrogen functional groups attached to an aromatic ring is 2. The molecule has 4 rings (SSSR count). The van der Waals surface area contributed by atoms with E-state index in [0.717, 1.165) is 16.8 Å². The van der Waals surface area contributed by atoms with E-state index in [1.165, 1.54) is 0 Å². The first-order valence-corrected chi connectivity index (χ1v) is 7.44. The second-order valence-corrected chi connectivity index (χ2v) is 5.76. The number of Topliss-reactive ketones (excluding diaryl/α,β-unsaturated/α-hetero) is 1. The number of carbonyl (C=O) groups excluding carboxylic acids is 1. The Balaban J connectivity index is 1.69. The fourth-order valence-corrected chi connectivity index (χ4v) is 3.18. The van der Waals surface area contributed by atoms with Crippen LogP contribution in [0.3, 0.4) is 0 Å². The summed E-state index contributed by atoms with van der Waals surface area (Å²) in [6.07, 6.45) is 3.98. The third-order valence-corrected chi connectivity index (χ3v) is 4.39. The Hall–Kier alpha value is -3.08. The molecule has 1 aromatic heterocycles. The number of imidazole rings is 1. The summed E-state index contributed by atoms with van der Waals surface area (Å²) in [5.74, 6) is 0.0399. The van der Waals surface area contributed by atoms with Gasteiger partial charge in [0.1, 0.15) is 0 Å². The second kappa shape index (κ2) is 4.98. The molecule has 3 aromatic rings. The van der Waals surface area contributed by atoms with Crippen molar-refractivity contribution in [3.8, 4) is 11.3 Å². The number of carbonyl (C=O) groups is 1. The van der Waals surface area contributed by atoms with Crippen LogP contribution in [0.2, 0.25) is 0 Å². The first-order chi connectivity index (χ1) is 11.1. The van der Waals surface area contributed by atoms with Gasteiger partial charge in [0.15, 0.2) is 5.78 Å². The van der Waals surface area contributed by atoms with Crippen molar-refractivity contribution in [3.63, 3.8) is 0 Å². The smallest absolute Gasteiger partial charge is 0.165 e. The van der Waals surface area contributed by atoms with E-state index < -0.39 is 0 Å². The number of hydrogen-bond acceptors (Lipinski definition) is 4. The van der Waals surface area contributed by atoms with E-state index in [4.69, 9.17) is 11.5 Å². The normalized spacial score (nSPS) is 15.2. The minimum Gasteiger partial charge on any atom is -0.397 e. The molecule has 1 aliphatic rings. The Labute approximate surface area is 133 Å². The number of benzene rings is 2. The number of nitrogens with zero attached hydrogens (tertiary/aromatic N) is 2. The van der Waals surface area contributed by atoms with Crippen LogP contribution in [0.4, 0.5) is 11.4 Å². The number of hydrogen-bond donors (Lipinski definition) is 2. The Kier molecular flexibility index (Phi) is 2.94. The van der Waals surface area contributed by atoms with Crippen LogP contribution in [-0.4, -0.2) is 15.3 Å². The monoisotopic (exact) mass is 304 g/mol. The van der Waals surface area contributed by atoms with Gasteiger partial charge in [-0.1, -0.05) is 24.3 Å². The Bertz CT molecular complexity index is 913. The van der Waals surface area contributed by atoms with E-state index >= 15 is 0 Å². The molecule has 23 heavy (non-hydrogen) atoms. The van der Waals surface area contributed by atoms with E-state index in [2.05, 4.69) is 21.7 Å². The molecule has 1 atom stereocenters. The average Bonchev–Trinajstić information content (AvgIpc) is 3.13. The maximum Gasteiger partial charge on any atom is 0.165 e. The van der Waals surface area contributed by atoms with Crippen molar-refractivity contribution >= 4 is 17.2 Å². The molecule has 5 heteroatoms. The van der Waals surface area contributed by atoms with Crippen LogP contribution in [-0.2, 0) is 0 Å². The molecule has 0 bridgehead atoms. The molecule has 5 nitrogen and oxygen atoms in total. The van der Waals surface area contributed by atoms with Crippen LogP contribution in [0, 0.1) is 0 Å².